The third kappa shape index (κ3) is 3.58. The van der Waals surface area contributed by atoms with Crippen LogP contribution in [-0.4, -0.2) is 23.0 Å². The number of benzene rings is 1. The third-order valence-corrected chi connectivity index (χ3v) is 2.70. The number of carbonyl (C=O) groups excluding carboxylic acids is 1. The normalized spacial score (nSPS) is 12.9. The summed E-state index contributed by atoms with van der Waals surface area (Å²) in [7, 11) is 0. The Labute approximate surface area is 107 Å². The van der Waals surface area contributed by atoms with Crippen LogP contribution >= 0.6 is 0 Å². The summed E-state index contributed by atoms with van der Waals surface area (Å²) in [4.78, 5) is 23.1. The first-order valence-corrected chi connectivity index (χ1v) is 5.82. The molecule has 1 atom stereocenters. The van der Waals surface area contributed by atoms with E-state index in [0.717, 1.165) is 5.56 Å². The van der Waals surface area contributed by atoms with Gasteiger partial charge in [0.1, 0.15) is 6.04 Å². The molecule has 98 valence electrons. The van der Waals surface area contributed by atoms with Crippen molar-refractivity contribution in [3.05, 3.63) is 35.4 Å². The molecule has 4 heteroatoms. The van der Waals surface area contributed by atoms with E-state index in [0.29, 0.717) is 5.56 Å². The van der Waals surface area contributed by atoms with Gasteiger partial charge < -0.3 is 10.4 Å². The summed E-state index contributed by atoms with van der Waals surface area (Å²) in [5.41, 5.74) is 0.986. The molecule has 0 saturated carbocycles. The van der Waals surface area contributed by atoms with Crippen molar-refractivity contribution in [1.29, 1.82) is 0 Å². The predicted molar refractivity (Wildman–Crippen MR) is 69.5 cm³/mol. The smallest absolute Gasteiger partial charge is 0.326 e. The molecule has 0 aliphatic heterocycles. The van der Waals surface area contributed by atoms with E-state index in [2.05, 4.69) is 5.32 Å². The van der Waals surface area contributed by atoms with Crippen LogP contribution in [0.3, 0.4) is 0 Å². The highest BCUT2D eigenvalue weighted by molar-refractivity contribution is 5.96. The van der Waals surface area contributed by atoms with Gasteiger partial charge in [0, 0.05) is 5.56 Å². The fourth-order valence-electron chi connectivity index (χ4n) is 1.57. The van der Waals surface area contributed by atoms with Crippen LogP contribution in [0.2, 0.25) is 0 Å². The Morgan fingerprint density at radius 3 is 2.06 bits per heavy atom. The first-order valence-electron chi connectivity index (χ1n) is 5.82. The maximum Gasteiger partial charge on any atom is 0.326 e. The summed E-state index contributed by atoms with van der Waals surface area (Å²) in [5.74, 6) is -1.39. The Kier molecular flexibility index (Phi) is 4.11. The molecular weight excluding hydrogens is 230 g/mol. The average molecular weight is 249 g/mol. The van der Waals surface area contributed by atoms with Crippen LogP contribution in [0, 0.1) is 12.3 Å². The molecule has 1 amide bonds. The van der Waals surface area contributed by atoms with E-state index in [-0.39, 0.29) is 5.91 Å². The summed E-state index contributed by atoms with van der Waals surface area (Å²) < 4.78 is 0. The van der Waals surface area contributed by atoms with Crippen LogP contribution in [0.5, 0.6) is 0 Å². The van der Waals surface area contributed by atoms with Gasteiger partial charge in [0.2, 0.25) is 0 Å². The van der Waals surface area contributed by atoms with Crippen molar-refractivity contribution in [2.24, 2.45) is 5.41 Å². The number of hydrogen-bond acceptors (Lipinski definition) is 2. The monoisotopic (exact) mass is 249 g/mol. The molecule has 0 bridgehead atoms. The largest absolute Gasteiger partial charge is 0.480 e. The quantitative estimate of drug-likeness (QED) is 0.863. The van der Waals surface area contributed by atoms with Crippen LogP contribution in [0.25, 0.3) is 0 Å². The van der Waals surface area contributed by atoms with E-state index in [1.54, 1.807) is 32.9 Å². The van der Waals surface area contributed by atoms with E-state index in [1.807, 2.05) is 19.1 Å². The summed E-state index contributed by atoms with van der Waals surface area (Å²) in [5, 5.41) is 11.7. The fraction of sp³-hybridized carbons (Fsp3) is 0.429. The molecule has 2 N–H and O–H groups in total. The molecule has 0 fully saturated rings. The maximum absolute atomic E-state index is 11.9. The minimum Gasteiger partial charge on any atom is -0.480 e. The number of aliphatic carboxylic acids is 1. The minimum absolute atomic E-state index is 0.364. The summed E-state index contributed by atoms with van der Waals surface area (Å²) >= 11 is 0. The van der Waals surface area contributed by atoms with Gasteiger partial charge in [-0.05, 0) is 24.5 Å². The zero-order valence-electron chi connectivity index (χ0n) is 11.2. The maximum atomic E-state index is 11.9. The van der Waals surface area contributed by atoms with Gasteiger partial charge in [0.25, 0.3) is 5.91 Å². The van der Waals surface area contributed by atoms with Crippen LogP contribution in [-0.2, 0) is 4.79 Å². The Bertz CT molecular complexity index is 443. The lowest BCUT2D eigenvalue weighted by molar-refractivity contribution is -0.142. The first-order chi connectivity index (χ1) is 8.21. The van der Waals surface area contributed by atoms with Gasteiger partial charge in [-0.25, -0.2) is 4.79 Å². The second kappa shape index (κ2) is 5.21. The van der Waals surface area contributed by atoms with Crippen molar-refractivity contribution in [2.75, 3.05) is 0 Å². The van der Waals surface area contributed by atoms with Crippen molar-refractivity contribution >= 4 is 11.9 Å². The van der Waals surface area contributed by atoms with Crippen molar-refractivity contribution in [3.8, 4) is 0 Å². The molecule has 1 aromatic carbocycles. The van der Waals surface area contributed by atoms with Gasteiger partial charge >= 0.3 is 5.97 Å². The molecular formula is C14H19NO3. The van der Waals surface area contributed by atoms with Crippen LogP contribution in [0.4, 0.5) is 0 Å². The zero-order valence-corrected chi connectivity index (χ0v) is 11.2. The molecule has 0 heterocycles. The Hall–Kier alpha value is -1.84. The third-order valence-electron chi connectivity index (χ3n) is 2.70. The van der Waals surface area contributed by atoms with Gasteiger partial charge in [0.05, 0.1) is 0 Å². The number of nitrogens with one attached hydrogen (secondary N) is 1. The van der Waals surface area contributed by atoms with Crippen LogP contribution in [0.1, 0.15) is 36.7 Å². The van der Waals surface area contributed by atoms with E-state index in [1.165, 1.54) is 0 Å². The van der Waals surface area contributed by atoms with E-state index < -0.39 is 17.4 Å². The highest BCUT2D eigenvalue weighted by Gasteiger charge is 2.32. The fourth-order valence-corrected chi connectivity index (χ4v) is 1.57. The molecule has 0 radical (unpaired) electrons. The van der Waals surface area contributed by atoms with Gasteiger partial charge in [-0.1, -0.05) is 38.5 Å². The number of carbonyl (C=O) groups is 2. The molecule has 18 heavy (non-hydrogen) atoms. The molecule has 0 saturated heterocycles. The molecule has 1 rings (SSSR count). The molecule has 1 aromatic rings. The van der Waals surface area contributed by atoms with Crippen LogP contribution in [0.15, 0.2) is 24.3 Å². The Morgan fingerprint density at radius 1 is 1.17 bits per heavy atom. The molecule has 0 spiro atoms. The highest BCUT2D eigenvalue weighted by atomic mass is 16.4. The number of carboxylic acids is 1. The number of amides is 1. The Balaban J connectivity index is 2.86. The first kappa shape index (κ1) is 14.2. The lowest BCUT2D eigenvalue weighted by Gasteiger charge is -2.27. The second-order valence-corrected chi connectivity index (χ2v) is 5.48. The topological polar surface area (TPSA) is 66.4 Å². The van der Waals surface area contributed by atoms with Gasteiger partial charge in [0.15, 0.2) is 0 Å². The van der Waals surface area contributed by atoms with Crippen LogP contribution < -0.4 is 5.32 Å². The summed E-state index contributed by atoms with van der Waals surface area (Å²) in [6, 6.07) is 6.11. The van der Waals surface area contributed by atoms with Crippen molar-refractivity contribution in [2.45, 2.75) is 33.7 Å². The summed E-state index contributed by atoms with van der Waals surface area (Å²) in [6.07, 6.45) is 0. The van der Waals surface area contributed by atoms with Gasteiger partial charge in [-0.3, -0.25) is 4.79 Å². The second-order valence-electron chi connectivity index (χ2n) is 5.48. The molecule has 4 nitrogen and oxygen atoms in total. The van der Waals surface area contributed by atoms with E-state index in [9.17, 15) is 9.59 Å². The number of rotatable bonds is 3. The minimum atomic E-state index is -1.03. The molecule has 0 aliphatic rings. The molecule has 0 aromatic heterocycles. The van der Waals surface area contributed by atoms with Crippen molar-refractivity contribution in [3.63, 3.8) is 0 Å². The molecule has 0 aliphatic carbocycles. The molecule has 0 unspecified atom stereocenters. The number of hydrogen-bond donors (Lipinski definition) is 2. The van der Waals surface area contributed by atoms with E-state index in [4.69, 9.17) is 5.11 Å². The number of carboxylic acid groups (broad SMARTS) is 1. The lowest BCUT2D eigenvalue weighted by atomic mass is 9.86. The van der Waals surface area contributed by atoms with Crippen molar-refractivity contribution in [1.82, 2.24) is 5.32 Å². The summed E-state index contributed by atoms with van der Waals surface area (Å²) in [6.45, 7) is 7.26. The zero-order chi connectivity index (χ0) is 13.9. The predicted octanol–water partition coefficient (Wildman–Crippen LogP) is 2.22. The van der Waals surface area contributed by atoms with Crippen molar-refractivity contribution < 1.29 is 14.7 Å². The average Bonchev–Trinajstić information content (AvgIpc) is 2.24. The lowest BCUT2D eigenvalue weighted by Crippen LogP contribution is -2.49. The Morgan fingerprint density at radius 2 is 1.67 bits per heavy atom. The highest BCUT2D eigenvalue weighted by Crippen LogP contribution is 2.20. The van der Waals surface area contributed by atoms with Gasteiger partial charge in [-0.15, -0.1) is 0 Å². The van der Waals surface area contributed by atoms with E-state index >= 15 is 0 Å². The SMILES string of the molecule is Cc1ccc(C(=O)N[C@@H](C(=O)O)C(C)(C)C)cc1. The number of aryl methyl sites for hydroxylation is 1. The van der Waals surface area contributed by atoms with Gasteiger partial charge in [-0.2, -0.15) is 0 Å². The standard InChI is InChI=1S/C14H19NO3/c1-9-5-7-10(8-6-9)12(16)15-11(13(17)18)14(2,3)4/h5-8,11H,1-4H3,(H,15,16)(H,17,18)/t11-/m0/s1.